The first kappa shape index (κ1) is 37.8. The number of benzene rings is 1. The van der Waals surface area contributed by atoms with Crippen molar-refractivity contribution in [3.05, 3.63) is 30.3 Å². The van der Waals surface area contributed by atoms with Crippen LogP contribution in [0.2, 0.25) is 0 Å². The monoisotopic (exact) mass is 746 g/mol. The lowest BCUT2D eigenvalue weighted by Crippen LogP contribution is -2.69. The summed E-state index contributed by atoms with van der Waals surface area (Å²) in [6, 6.07) is 4.40. The molecule has 0 fully saturated rings. The minimum Gasteiger partial charge on any atom is -0.444 e. The average molecular weight is 749 g/mol. The number of alkyl halides is 18. The Labute approximate surface area is 245 Å². The first-order valence-corrected chi connectivity index (χ1v) is 13.3. The summed E-state index contributed by atoms with van der Waals surface area (Å²) in [6.07, 6.45) is -5.72. The van der Waals surface area contributed by atoms with Crippen molar-refractivity contribution in [2.75, 3.05) is 6.61 Å². The molecule has 0 saturated heterocycles. The van der Waals surface area contributed by atoms with Gasteiger partial charge in [0.2, 0.25) is 9.64 Å². The lowest BCUT2D eigenvalue weighted by Gasteiger charge is -2.39. The van der Waals surface area contributed by atoms with Crippen molar-refractivity contribution < 1.29 is 71.3 Å². The van der Waals surface area contributed by atoms with Crippen molar-refractivity contribution >= 4 is 88.2 Å². The fraction of sp³-hybridized carbons (Fsp3) is 0.588. The van der Waals surface area contributed by atoms with Crippen LogP contribution >= 0.6 is 77.0 Å². The summed E-state index contributed by atoms with van der Waals surface area (Å²) in [4.78, 5) is 12.0. The van der Waals surface area contributed by atoms with Gasteiger partial charge in [-0.25, -0.2) is 13.6 Å². The van der Waals surface area contributed by atoms with Gasteiger partial charge in [0.1, 0.15) is 6.61 Å². The average Bonchev–Trinajstić information content (AvgIpc) is 2.79. The van der Waals surface area contributed by atoms with Crippen LogP contribution in [-0.2, 0) is 18.6 Å². The third kappa shape index (κ3) is 7.11. The Morgan fingerprint density at radius 3 is 1.60 bits per heavy atom. The van der Waals surface area contributed by atoms with E-state index < -0.39 is 74.7 Å². The van der Waals surface area contributed by atoms with Gasteiger partial charge in [0.25, 0.3) is 11.2 Å². The highest BCUT2D eigenvalue weighted by molar-refractivity contribution is 7.68. The molecular formula is C17H9Cl6F12O4P. The minimum atomic E-state index is -7.90. The van der Waals surface area contributed by atoms with E-state index in [1.807, 2.05) is 0 Å². The van der Waals surface area contributed by atoms with Crippen LogP contribution in [0.5, 0.6) is 0 Å². The molecule has 0 aromatic heterocycles. The zero-order chi connectivity index (χ0) is 32.0. The topological polar surface area (TPSA) is 52.6 Å². The van der Waals surface area contributed by atoms with Crippen LogP contribution in [0.15, 0.2) is 30.3 Å². The molecule has 0 spiro atoms. The highest BCUT2D eigenvalue weighted by Crippen LogP contribution is 2.62. The van der Waals surface area contributed by atoms with Crippen LogP contribution in [0.4, 0.5) is 52.7 Å². The number of carbonyl (C=O) groups excluding carboxylic acids is 1. The molecule has 2 unspecified atom stereocenters. The van der Waals surface area contributed by atoms with E-state index in [1.165, 1.54) is 0 Å². The van der Waals surface area contributed by atoms with E-state index in [0.29, 0.717) is 12.1 Å². The van der Waals surface area contributed by atoms with Crippen molar-refractivity contribution in [2.24, 2.45) is 0 Å². The highest BCUT2D eigenvalue weighted by Gasteiger charge is 2.87. The van der Waals surface area contributed by atoms with Crippen LogP contribution in [0.25, 0.3) is 0 Å². The van der Waals surface area contributed by atoms with Gasteiger partial charge in [0, 0.05) is 5.30 Å². The van der Waals surface area contributed by atoms with Gasteiger partial charge in [-0.15, -0.1) is 0 Å². The van der Waals surface area contributed by atoms with E-state index >= 15 is 0 Å². The molecule has 2 atom stereocenters. The van der Waals surface area contributed by atoms with E-state index in [2.05, 4.69) is 9.26 Å². The van der Waals surface area contributed by atoms with Gasteiger partial charge >= 0.3 is 42.0 Å². The molecule has 0 bridgehead atoms. The van der Waals surface area contributed by atoms with Gasteiger partial charge in [0.05, 0.1) is 0 Å². The third-order valence-electron chi connectivity index (χ3n) is 4.53. The Bertz CT molecular complexity index is 1100. The maximum Gasteiger partial charge on any atom is 0.384 e. The van der Waals surface area contributed by atoms with Gasteiger partial charge in [0.15, 0.2) is 0 Å². The van der Waals surface area contributed by atoms with Gasteiger partial charge in [-0.1, -0.05) is 87.8 Å². The number of halogens is 18. The molecule has 0 heterocycles. The predicted molar refractivity (Wildman–Crippen MR) is 121 cm³/mol. The molecule has 1 rings (SSSR count). The first-order chi connectivity index (χ1) is 17.5. The SMILES string of the molecule is O=C(OC(C(Cl)(Cl)Cl)P(=O)(OCC(F)(F)C(F)(F)C(F)(F)C(F)(F)C(F)(F)C(F)F)c1ccccc1)C(Cl)(Cl)Cl. The summed E-state index contributed by atoms with van der Waals surface area (Å²) in [6.45, 7) is -3.35. The van der Waals surface area contributed by atoms with Gasteiger partial charge in [-0.05, 0) is 12.1 Å². The quantitative estimate of drug-likeness (QED) is 0.0985. The Morgan fingerprint density at radius 2 is 1.23 bits per heavy atom. The maximum atomic E-state index is 14.4. The van der Waals surface area contributed by atoms with Crippen LogP contribution in [0.1, 0.15) is 0 Å². The van der Waals surface area contributed by atoms with Crippen LogP contribution < -0.4 is 5.30 Å². The molecule has 0 radical (unpaired) electrons. The van der Waals surface area contributed by atoms with Crippen molar-refractivity contribution in [1.29, 1.82) is 0 Å². The summed E-state index contributed by atoms with van der Waals surface area (Å²) in [5.74, 6) is -42.4. The summed E-state index contributed by atoms with van der Waals surface area (Å²) in [5.41, 5.74) is 0. The summed E-state index contributed by atoms with van der Waals surface area (Å²) >= 11 is 32.4. The van der Waals surface area contributed by atoms with Gasteiger partial charge in [-0.2, -0.15) is 43.9 Å². The van der Waals surface area contributed by atoms with E-state index in [-0.39, 0.29) is 0 Å². The van der Waals surface area contributed by atoms with Crippen molar-refractivity contribution in [3.63, 3.8) is 0 Å². The molecule has 40 heavy (non-hydrogen) atoms. The zero-order valence-electron chi connectivity index (χ0n) is 18.1. The third-order valence-corrected chi connectivity index (χ3v) is 8.69. The minimum absolute atomic E-state index is 0.676. The Morgan fingerprint density at radius 1 is 0.775 bits per heavy atom. The van der Waals surface area contributed by atoms with Gasteiger partial charge in [-0.3, -0.25) is 4.57 Å². The van der Waals surface area contributed by atoms with E-state index in [0.717, 1.165) is 18.2 Å². The predicted octanol–water partition coefficient (Wildman–Crippen LogP) is 8.66. The number of esters is 1. The molecule has 0 saturated carbocycles. The molecule has 0 N–H and O–H groups in total. The molecule has 0 aliphatic heterocycles. The van der Waals surface area contributed by atoms with Crippen LogP contribution in [-0.4, -0.2) is 62.0 Å². The summed E-state index contributed by atoms with van der Waals surface area (Å²) in [7, 11) is -5.76. The second kappa shape index (κ2) is 12.0. The van der Waals surface area contributed by atoms with E-state index in [9.17, 15) is 62.0 Å². The summed E-state index contributed by atoms with van der Waals surface area (Å²) < 4.78 is 178. The Kier molecular flexibility index (Phi) is 11.4. The van der Waals surface area contributed by atoms with Gasteiger partial charge < -0.3 is 9.26 Å². The molecule has 23 heteroatoms. The molecule has 4 nitrogen and oxygen atoms in total. The Balaban J connectivity index is 3.67. The molecule has 0 aliphatic rings. The molecule has 1 aromatic rings. The van der Waals surface area contributed by atoms with Crippen LogP contribution in [0, 0.1) is 0 Å². The standard InChI is InChI=1S/C17H9Cl6F12O4P/c18-13(19,20)9(36)39-10(14(21,22)23)40(37,7-4-2-1-3-5-7)38-6-11(26,27)15(30,31)17(34,35)16(32,33)12(28,29)8(24)25/h1-5,8,10H,6H2. The molecular weight excluding hydrogens is 740 g/mol. The second-order valence-electron chi connectivity index (χ2n) is 7.35. The number of hydrogen-bond acceptors (Lipinski definition) is 4. The fourth-order valence-electron chi connectivity index (χ4n) is 2.45. The van der Waals surface area contributed by atoms with Crippen LogP contribution in [0.3, 0.4) is 0 Å². The van der Waals surface area contributed by atoms with Crippen molar-refractivity contribution in [1.82, 2.24) is 0 Å². The lowest BCUT2D eigenvalue weighted by atomic mass is 9.95. The van der Waals surface area contributed by atoms with Crippen molar-refractivity contribution in [3.8, 4) is 0 Å². The van der Waals surface area contributed by atoms with E-state index in [4.69, 9.17) is 69.6 Å². The number of carbonyl (C=O) groups is 1. The molecule has 0 aliphatic carbocycles. The smallest absolute Gasteiger partial charge is 0.384 e. The molecule has 232 valence electrons. The first-order valence-electron chi connectivity index (χ1n) is 9.33. The maximum absolute atomic E-state index is 14.4. The molecule has 1 aromatic carbocycles. The summed E-state index contributed by atoms with van der Waals surface area (Å²) in [5, 5.41) is -0.941. The lowest BCUT2D eigenvalue weighted by molar-refractivity contribution is -0.414. The largest absolute Gasteiger partial charge is 0.444 e. The number of hydrogen-bond donors (Lipinski definition) is 0. The van der Waals surface area contributed by atoms with Crippen molar-refractivity contribution in [2.45, 2.75) is 49.5 Å². The number of ether oxygens (including phenoxy) is 1. The second-order valence-corrected chi connectivity index (χ2v) is 14.4. The molecule has 0 amide bonds. The number of rotatable bonds is 11. The fourth-order valence-corrected chi connectivity index (χ4v) is 5.99. The van der Waals surface area contributed by atoms with E-state index in [1.54, 1.807) is 0 Å². The Hall–Kier alpha value is -0.220. The highest BCUT2D eigenvalue weighted by atomic mass is 35.6. The normalized spacial score (nSPS) is 17.0. The zero-order valence-corrected chi connectivity index (χ0v) is 23.6.